The number of carbonyl (C=O) groups excluding carboxylic acids is 1. The van der Waals surface area contributed by atoms with E-state index in [2.05, 4.69) is 20.4 Å². The summed E-state index contributed by atoms with van der Waals surface area (Å²) in [6.07, 6.45) is -2.04. The Morgan fingerprint density at radius 1 is 1.02 bits per heavy atom. The van der Waals surface area contributed by atoms with Gasteiger partial charge in [0.15, 0.2) is 0 Å². The summed E-state index contributed by atoms with van der Waals surface area (Å²) < 4.78 is 67.3. The van der Waals surface area contributed by atoms with Crippen LogP contribution in [0.3, 0.4) is 0 Å². The summed E-state index contributed by atoms with van der Waals surface area (Å²) in [7, 11) is -1.90. The highest BCUT2D eigenvalue weighted by Gasteiger charge is 2.32. The zero-order valence-corrected chi connectivity index (χ0v) is 26.1. The number of hydrogen-bond acceptors (Lipinski definition) is 6. The number of aromatic nitrogens is 2. The molecule has 0 aliphatic carbocycles. The first-order chi connectivity index (χ1) is 20.8. The van der Waals surface area contributed by atoms with Gasteiger partial charge in [0, 0.05) is 82.6 Å². The Morgan fingerprint density at radius 3 is 2.36 bits per heavy atom. The third kappa shape index (κ3) is 7.14. The van der Waals surface area contributed by atoms with Crippen molar-refractivity contribution in [1.82, 2.24) is 24.3 Å². The number of hydrogen-bond donors (Lipinski definition) is 2. The average molecular weight is 654 g/mol. The number of anilines is 2. The summed E-state index contributed by atoms with van der Waals surface area (Å²) in [5.41, 5.74) is 3.36. The second-order valence-corrected chi connectivity index (χ2v) is 13.3. The largest absolute Gasteiger partial charge is 0.416 e. The number of carbonyl (C=O) groups is 1. The van der Waals surface area contributed by atoms with Crippen LogP contribution in [0.1, 0.15) is 23.2 Å². The normalized spacial score (nSPS) is 16.5. The van der Waals surface area contributed by atoms with Crippen LogP contribution in [0.25, 0.3) is 11.3 Å². The van der Waals surface area contributed by atoms with Crippen molar-refractivity contribution in [3.63, 3.8) is 0 Å². The maximum Gasteiger partial charge on any atom is 0.416 e. The summed E-state index contributed by atoms with van der Waals surface area (Å²) in [5, 5.41) is 10.7. The number of para-hydroxylation sites is 1. The summed E-state index contributed by atoms with van der Waals surface area (Å²) in [6, 6.07) is 9.93. The highest BCUT2D eigenvalue weighted by molar-refractivity contribution is 7.88. The molecule has 2 aromatic carbocycles. The van der Waals surface area contributed by atoms with E-state index in [-0.39, 0.29) is 12.6 Å². The van der Waals surface area contributed by atoms with Crippen molar-refractivity contribution >= 4 is 39.0 Å². The highest BCUT2D eigenvalue weighted by Crippen LogP contribution is 2.36. The van der Waals surface area contributed by atoms with Crippen molar-refractivity contribution in [3.05, 3.63) is 64.3 Å². The van der Waals surface area contributed by atoms with Gasteiger partial charge in [0.05, 0.1) is 33.9 Å². The molecule has 2 amide bonds. The first-order valence-corrected chi connectivity index (χ1v) is 16.5. The van der Waals surface area contributed by atoms with Gasteiger partial charge >= 0.3 is 12.2 Å². The van der Waals surface area contributed by atoms with Crippen LogP contribution in [-0.2, 0) is 35.7 Å². The molecule has 15 heteroatoms. The Balaban J connectivity index is 1.26. The van der Waals surface area contributed by atoms with Crippen LogP contribution in [-0.4, -0.2) is 86.0 Å². The number of alkyl halides is 3. The van der Waals surface area contributed by atoms with E-state index in [1.807, 2.05) is 10.7 Å². The average Bonchev–Trinajstić information content (AvgIpc) is 3.35. The van der Waals surface area contributed by atoms with Gasteiger partial charge in [0.25, 0.3) is 0 Å². The molecule has 2 aliphatic rings. The number of nitrogens with zero attached hydrogens (tertiary/aromatic N) is 5. The van der Waals surface area contributed by atoms with Crippen molar-refractivity contribution in [3.8, 4) is 11.3 Å². The van der Waals surface area contributed by atoms with Gasteiger partial charge in [0.1, 0.15) is 0 Å². The lowest BCUT2D eigenvalue weighted by atomic mass is 10.0. The molecule has 0 unspecified atom stereocenters. The van der Waals surface area contributed by atoms with Crippen LogP contribution in [0.2, 0.25) is 5.02 Å². The van der Waals surface area contributed by atoms with E-state index in [0.29, 0.717) is 41.5 Å². The van der Waals surface area contributed by atoms with Gasteiger partial charge in [-0.05, 0) is 30.7 Å². The van der Waals surface area contributed by atoms with E-state index in [9.17, 15) is 26.4 Å². The third-order valence-corrected chi connectivity index (χ3v) is 9.60. The number of aryl methyl sites for hydroxylation is 1. The predicted octanol–water partition coefficient (Wildman–Crippen LogP) is 4.50. The van der Waals surface area contributed by atoms with Gasteiger partial charge in [-0.25, -0.2) is 13.2 Å². The maximum atomic E-state index is 13.2. The molecule has 10 nitrogen and oxygen atoms in total. The molecular weight excluding hydrogens is 619 g/mol. The van der Waals surface area contributed by atoms with Gasteiger partial charge < -0.3 is 15.5 Å². The van der Waals surface area contributed by atoms with Crippen LogP contribution in [0.5, 0.6) is 0 Å². The summed E-state index contributed by atoms with van der Waals surface area (Å²) in [5.74, 6) is 0. The molecule has 3 aromatic rings. The molecule has 1 fully saturated rings. The van der Waals surface area contributed by atoms with Crippen molar-refractivity contribution in [2.45, 2.75) is 32.1 Å². The maximum absolute atomic E-state index is 13.2. The summed E-state index contributed by atoms with van der Waals surface area (Å²) >= 11 is 6.52. The molecule has 44 heavy (non-hydrogen) atoms. The first-order valence-electron chi connectivity index (χ1n) is 14.3. The Morgan fingerprint density at radius 2 is 1.73 bits per heavy atom. The predicted molar refractivity (Wildman–Crippen MR) is 164 cm³/mol. The van der Waals surface area contributed by atoms with Gasteiger partial charge in [-0.2, -0.15) is 22.6 Å². The molecule has 1 saturated heterocycles. The Hall–Kier alpha value is -3.33. The SMILES string of the molecule is CNC(=O)Nc1cccc(Cl)c1N1CCN(CCCn2nc(-c3ccc(C(F)(F)F)cc3)c3c2CCN(S(C)(=O)=O)C3)CC1. The second-order valence-electron chi connectivity index (χ2n) is 10.9. The molecule has 0 radical (unpaired) electrons. The molecule has 1 aromatic heterocycles. The summed E-state index contributed by atoms with van der Waals surface area (Å²) in [6.45, 7) is 4.89. The molecule has 2 aliphatic heterocycles. The van der Waals surface area contributed by atoms with Gasteiger partial charge in [-0.3, -0.25) is 9.58 Å². The highest BCUT2D eigenvalue weighted by atomic mass is 35.5. The number of nitrogens with one attached hydrogen (secondary N) is 2. The van der Waals surface area contributed by atoms with E-state index in [0.717, 1.165) is 74.5 Å². The van der Waals surface area contributed by atoms with Crippen molar-refractivity contribution < 1.29 is 26.4 Å². The minimum atomic E-state index is -4.45. The van der Waals surface area contributed by atoms with Crippen LogP contribution in [0, 0.1) is 0 Å². The van der Waals surface area contributed by atoms with E-state index >= 15 is 0 Å². The van der Waals surface area contributed by atoms with Gasteiger partial charge in [-0.1, -0.05) is 29.8 Å². The lowest BCUT2D eigenvalue weighted by Gasteiger charge is -2.37. The number of halogens is 4. The second kappa shape index (κ2) is 13.0. The minimum absolute atomic E-state index is 0.130. The lowest BCUT2D eigenvalue weighted by Crippen LogP contribution is -2.47. The number of benzene rings is 2. The summed E-state index contributed by atoms with van der Waals surface area (Å²) in [4.78, 5) is 16.4. The quantitative estimate of drug-likeness (QED) is 0.371. The number of rotatable bonds is 8. The molecule has 3 heterocycles. The zero-order chi connectivity index (χ0) is 31.6. The van der Waals surface area contributed by atoms with Crippen molar-refractivity contribution in [2.24, 2.45) is 0 Å². The number of urea groups is 1. The number of fused-ring (bicyclic) bond motifs is 1. The first kappa shape index (κ1) is 32.1. The number of amides is 2. The van der Waals surface area contributed by atoms with Gasteiger partial charge in [0.2, 0.25) is 10.0 Å². The smallest absolute Gasteiger partial charge is 0.366 e. The van der Waals surface area contributed by atoms with Crippen LogP contribution >= 0.6 is 11.6 Å². The van der Waals surface area contributed by atoms with E-state index < -0.39 is 21.8 Å². The molecule has 0 atom stereocenters. The Labute approximate surface area is 259 Å². The molecular formula is C29H35ClF3N7O3S. The van der Waals surface area contributed by atoms with Crippen molar-refractivity contribution in [2.75, 3.05) is 62.8 Å². The molecule has 5 rings (SSSR count). The zero-order valence-electron chi connectivity index (χ0n) is 24.5. The number of piperazine rings is 1. The fraction of sp³-hybridized carbons (Fsp3) is 0.448. The minimum Gasteiger partial charge on any atom is -0.366 e. The fourth-order valence-corrected chi connectivity index (χ4v) is 6.83. The monoisotopic (exact) mass is 653 g/mol. The standard InChI is InChI=1S/C29H35ClF3N7O3S/c1-34-28(41)35-24-6-3-5-23(30)27(24)38-17-15-37(16-18-38)12-4-13-40-25-11-14-39(44(2,42)43)19-22(25)26(36-40)20-7-9-21(10-8-20)29(31,32)33/h3,5-10H,4,11-19H2,1-2H3,(H2,34,35,41). The van der Waals surface area contributed by atoms with E-state index in [4.69, 9.17) is 16.7 Å². The van der Waals surface area contributed by atoms with E-state index in [1.54, 1.807) is 19.2 Å². The van der Waals surface area contributed by atoms with Crippen LogP contribution in [0.4, 0.5) is 29.3 Å². The Kier molecular flexibility index (Phi) is 9.44. The molecule has 2 N–H and O–H groups in total. The molecule has 0 bridgehead atoms. The topological polar surface area (TPSA) is 103 Å². The number of sulfonamides is 1. The van der Waals surface area contributed by atoms with E-state index in [1.165, 1.54) is 16.4 Å². The Bertz CT molecular complexity index is 1610. The fourth-order valence-electron chi connectivity index (χ4n) is 5.74. The third-order valence-electron chi connectivity index (χ3n) is 8.05. The molecule has 0 spiro atoms. The molecule has 238 valence electrons. The van der Waals surface area contributed by atoms with Crippen LogP contribution < -0.4 is 15.5 Å². The van der Waals surface area contributed by atoms with Crippen LogP contribution in [0.15, 0.2) is 42.5 Å². The van der Waals surface area contributed by atoms with Crippen molar-refractivity contribution in [1.29, 1.82) is 0 Å². The van der Waals surface area contributed by atoms with Gasteiger partial charge in [-0.15, -0.1) is 0 Å². The lowest BCUT2D eigenvalue weighted by molar-refractivity contribution is -0.137. The molecule has 0 saturated carbocycles.